The number of benzene rings is 1. The van der Waals surface area contributed by atoms with Crippen LogP contribution < -0.4 is 10.6 Å². The maximum atomic E-state index is 13.7. The Morgan fingerprint density at radius 3 is 2.54 bits per heavy atom. The zero-order valence-electron chi connectivity index (χ0n) is 13.8. The fourth-order valence-corrected chi connectivity index (χ4v) is 2.77. The molecule has 0 aromatic heterocycles. The van der Waals surface area contributed by atoms with Crippen LogP contribution in [0.3, 0.4) is 0 Å². The number of hydrogen-bond acceptors (Lipinski definition) is 3. The van der Waals surface area contributed by atoms with Crippen LogP contribution in [0.2, 0.25) is 0 Å². The van der Waals surface area contributed by atoms with Crippen LogP contribution >= 0.6 is 0 Å². The summed E-state index contributed by atoms with van der Waals surface area (Å²) in [5.41, 5.74) is -0.134. The predicted molar refractivity (Wildman–Crippen MR) is 86.5 cm³/mol. The van der Waals surface area contributed by atoms with Gasteiger partial charge in [-0.15, -0.1) is 0 Å². The molecule has 0 spiro atoms. The van der Waals surface area contributed by atoms with Crippen molar-refractivity contribution in [2.24, 2.45) is 5.92 Å². The Labute approximate surface area is 140 Å². The monoisotopic (exact) mass is 339 g/mol. The molecule has 0 saturated carbocycles. The number of likely N-dealkylation sites (tertiary alicyclic amines) is 1. The van der Waals surface area contributed by atoms with E-state index in [0.717, 1.165) is 25.2 Å². The van der Waals surface area contributed by atoms with E-state index in [0.29, 0.717) is 38.5 Å². The molecule has 1 saturated heterocycles. The molecule has 2 amide bonds. The molecule has 1 heterocycles. The van der Waals surface area contributed by atoms with Crippen molar-refractivity contribution < 1.29 is 18.4 Å². The minimum absolute atomic E-state index is 0.00651. The molecule has 132 valence electrons. The number of amides is 2. The molecule has 7 heteroatoms. The van der Waals surface area contributed by atoms with Crippen LogP contribution in [0.1, 0.15) is 30.1 Å². The van der Waals surface area contributed by atoms with E-state index in [-0.39, 0.29) is 17.4 Å². The van der Waals surface area contributed by atoms with Gasteiger partial charge < -0.3 is 15.5 Å². The summed E-state index contributed by atoms with van der Waals surface area (Å²) in [6.45, 7) is 4.94. The van der Waals surface area contributed by atoms with Crippen molar-refractivity contribution in [1.29, 1.82) is 0 Å². The van der Waals surface area contributed by atoms with Gasteiger partial charge in [0.15, 0.2) is 0 Å². The predicted octanol–water partition coefficient (Wildman–Crippen LogP) is 1.54. The minimum Gasteiger partial charge on any atom is -0.355 e. The quantitative estimate of drug-likeness (QED) is 0.773. The Hall–Kier alpha value is -2.02. The van der Waals surface area contributed by atoms with Gasteiger partial charge in [-0.25, -0.2) is 8.78 Å². The Kier molecular flexibility index (Phi) is 6.66. The first-order chi connectivity index (χ1) is 11.5. The van der Waals surface area contributed by atoms with Crippen LogP contribution in [0.25, 0.3) is 0 Å². The third-order valence-electron chi connectivity index (χ3n) is 4.17. The lowest BCUT2D eigenvalue weighted by Gasteiger charge is -2.31. The molecule has 2 rings (SSSR count). The van der Waals surface area contributed by atoms with Gasteiger partial charge in [0.2, 0.25) is 5.91 Å². The maximum Gasteiger partial charge on any atom is 0.256 e. The lowest BCUT2D eigenvalue weighted by atomic mass is 9.95. The van der Waals surface area contributed by atoms with Crippen molar-refractivity contribution in [1.82, 2.24) is 15.5 Å². The number of rotatable bonds is 6. The standard InChI is InChI=1S/C17H23F2N3O2/c1-2-20-7-8-21-16(23)12-5-9-22(10-6-12)17(24)14-4-3-13(18)11-15(14)19/h3-4,11-12,20H,2,5-10H2,1H3,(H,21,23). The zero-order chi connectivity index (χ0) is 17.5. The lowest BCUT2D eigenvalue weighted by molar-refractivity contribution is -0.126. The Bertz CT molecular complexity index is 587. The van der Waals surface area contributed by atoms with E-state index in [1.807, 2.05) is 6.92 Å². The molecular formula is C17H23F2N3O2. The largest absolute Gasteiger partial charge is 0.355 e. The summed E-state index contributed by atoms with van der Waals surface area (Å²) < 4.78 is 26.6. The first-order valence-corrected chi connectivity index (χ1v) is 8.25. The SMILES string of the molecule is CCNCCNC(=O)C1CCN(C(=O)c2ccc(F)cc2F)CC1. The normalized spacial score (nSPS) is 15.4. The summed E-state index contributed by atoms with van der Waals surface area (Å²) >= 11 is 0. The summed E-state index contributed by atoms with van der Waals surface area (Å²) in [4.78, 5) is 25.9. The highest BCUT2D eigenvalue weighted by atomic mass is 19.1. The van der Waals surface area contributed by atoms with E-state index in [9.17, 15) is 18.4 Å². The second-order valence-corrected chi connectivity index (χ2v) is 5.84. The number of piperidine rings is 1. The fraction of sp³-hybridized carbons (Fsp3) is 0.529. The van der Waals surface area contributed by atoms with Crippen LogP contribution in [-0.4, -0.2) is 49.4 Å². The highest BCUT2D eigenvalue weighted by Crippen LogP contribution is 2.20. The van der Waals surface area contributed by atoms with Crippen LogP contribution in [0, 0.1) is 17.6 Å². The molecule has 0 radical (unpaired) electrons. The van der Waals surface area contributed by atoms with Crippen molar-refractivity contribution in [3.05, 3.63) is 35.4 Å². The first-order valence-electron chi connectivity index (χ1n) is 8.25. The summed E-state index contributed by atoms with van der Waals surface area (Å²) in [5, 5.41) is 6.00. The average molecular weight is 339 g/mol. The van der Waals surface area contributed by atoms with E-state index in [1.165, 1.54) is 4.90 Å². The molecule has 0 atom stereocenters. The van der Waals surface area contributed by atoms with Crippen LogP contribution in [0.5, 0.6) is 0 Å². The molecule has 2 N–H and O–H groups in total. The van der Waals surface area contributed by atoms with E-state index in [4.69, 9.17) is 0 Å². The van der Waals surface area contributed by atoms with Gasteiger partial charge in [-0.2, -0.15) is 0 Å². The first kappa shape index (κ1) is 18.3. The highest BCUT2D eigenvalue weighted by Gasteiger charge is 2.28. The van der Waals surface area contributed by atoms with Crippen molar-refractivity contribution in [3.63, 3.8) is 0 Å². The van der Waals surface area contributed by atoms with E-state index < -0.39 is 17.5 Å². The Balaban J connectivity index is 1.83. The van der Waals surface area contributed by atoms with Crippen LogP contribution in [0.4, 0.5) is 8.78 Å². The third-order valence-corrected chi connectivity index (χ3v) is 4.17. The molecule has 1 aliphatic rings. The smallest absolute Gasteiger partial charge is 0.256 e. The van der Waals surface area contributed by atoms with Gasteiger partial charge in [0.05, 0.1) is 5.56 Å². The molecule has 1 aromatic carbocycles. The lowest BCUT2D eigenvalue weighted by Crippen LogP contribution is -2.44. The summed E-state index contributed by atoms with van der Waals surface area (Å²) in [6.07, 6.45) is 1.09. The maximum absolute atomic E-state index is 13.7. The number of carbonyl (C=O) groups excluding carboxylic acids is 2. The second kappa shape index (κ2) is 8.73. The molecular weight excluding hydrogens is 316 g/mol. The number of halogens is 2. The van der Waals surface area contributed by atoms with E-state index in [1.54, 1.807) is 0 Å². The van der Waals surface area contributed by atoms with Crippen molar-refractivity contribution in [3.8, 4) is 0 Å². The zero-order valence-corrected chi connectivity index (χ0v) is 13.8. The number of likely N-dealkylation sites (N-methyl/N-ethyl adjacent to an activating group) is 1. The van der Waals surface area contributed by atoms with Gasteiger partial charge in [0, 0.05) is 38.2 Å². The molecule has 0 unspecified atom stereocenters. The molecule has 1 aromatic rings. The summed E-state index contributed by atoms with van der Waals surface area (Å²) in [5.74, 6) is -2.17. The average Bonchev–Trinajstić information content (AvgIpc) is 2.58. The van der Waals surface area contributed by atoms with Gasteiger partial charge in [-0.1, -0.05) is 6.92 Å². The van der Waals surface area contributed by atoms with Crippen molar-refractivity contribution in [2.75, 3.05) is 32.7 Å². The molecule has 24 heavy (non-hydrogen) atoms. The summed E-state index contributed by atoms with van der Waals surface area (Å²) in [6, 6.07) is 2.94. The fourth-order valence-electron chi connectivity index (χ4n) is 2.77. The number of nitrogens with one attached hydrogen (secondary N) is 2. The van der Waals surface area contributed by atoms with Gasteiger partial charge in [0.1, 0.15) is 11.6 Å². The van der Waals surface area contributed by atoms with E-state index >= 15 is 0 Å². The van der Waals surface area contributed by atoms with Crippen LogP contribution in [0.15, 0.2) is 18.2 Å². The topological polar surface area (TPSA) is 61.4 Å². The van der Waals surface area contributed by atoms with Gasteiger partial charge in [-0.05, 0) is 31.5 Å². The van der Waals surface area contributed by atoms with E-state index in [2.05, 4.69) is 10.6 Å². The van der Waals surface area contributed by atoms with Gasteiger partial charge >= 0.3 is 0 Å². The van der Waals surface area contributed by atoms with Gasteiger partial charge in [0.25, 0.3) is 5.91 Å². The number of nitrogens with zero attached hydrogens (tertiary/aromatic N) is 1. The molecule has 5 nitrogen and oxygen atoms in total. The summed E-state index contributed by atoms with van der Waals surface area (Å²) in [7, 11) is 0. The third kappa shape index (κ3) is 4.74. The minimum atomic E-state index is -0.858. The molecule has 1 fully saturated rings. The van der Waals surface area contributed by atoms with Gasteiger partial charge in [-0.3, -0.25) is 9.59 Å². The van der Waals surface area contributed by atoms with Crippen molar-refractivity contribution in [2.45, 2.75) is 19.8 Å². The number of carbonyl (C=O) groups is 2. The van der Waals surface area contributed by atoms with Crippen LogP contribution in [-0.2, 0) is 4.79 Å². The molecule has 0 bridgehead atoms. The Morgan fingerprint density at radius 1 is 1.21 bits per heavy atom. The highest BCUT2D eigenvalue weighted by molar-refractivity contribution is 5.94. The second-order valence-electron chi connectivity index (χ2n) is 5.84. The molecule has 0 aliphatic carbocycles. The Morgan fingerprint density at radius 2 is 1.92 bits per heavy atom. The van der Waals surface area contributed by atoms with Crippen molar-refractivity contribution >= 4 is 11.8 Å². The number of hydrogen-bond donors (Lipinski definition) is 2. The molecule has 1 aliphatic heterocycles.